The van der Waals surface area contributed by atoms with Crippen LogP contribution in [0.1, 0.15) is 41.2 Å². The first kappa shape index (κ1) is 20.3. The largest absolute Gasteiger partial charge is 0.370 e. The highest BCUT2D eigenvalue weighted by molar-refractivity contribution is 6.05. The minimum Gasteiger partial charge on any atom is -0.370 e. The van der Waals surface area contributed by atoms with Crippen LogP contribution in [0.2, 0.25) is 0 Å². The van der Waals surface area contributed by atoms with Crippen molar-refractivity contribution in [1.82, 2.24) is 14.8 Å². The minimum atomic E-state index is -0.481. The zero-order chi connectivity index (χ0) is 21.1. The number of primary amides is 1. The normalized spacial score (nSPS) is 19.1. The lowest BCUT2D eigenvalue weighted by molar-refractivity contribution is -0.135. The average Bonchev–Trinajstić information content (AvgIpc) is 3.39. The van der Waals surface area contributed by atoms with Crippen LogP contribution in [-0.4, -0.2) is 71.9 Å². The highest BCUT2D eigenvalue weighted by atomic mass is 16.5. The summed E-state index contributed by atoms with van der Waals surface area (Å²) in [4.78, 5) is 44.2. The van der Waals surface area contributed by atoms with E-state index < -0.39 is 5.91 Å². The third-order valence-corrected chi connectivity index (χ3v) is 5.86. The van der Waals surface area contributed by atoms with Gasteiger partial charge in [0.15, 0.2) is 0 Å². The highest BCUT2D eigenvalue weighted by Gasteiger charge is 2.29. The van der Waals surface area contributed by atoms with E-state index in [1.165, 1.54) is 0 Å². The van der Waals surface area contributed by atoms with Gasteiger partial charge in [0.05, 0.1) is 17.7 Å². The van der Waals surface area contributed by atoms with Crippen LogP contribution in [0.25, 0.3) is 10.9 Å². The zero-order valence-electron chi connectivity index (χ0n) is 16.9. The molecule has 30 heavy (non-hydrogen) atoms. The Kier molecular flexibility index (Phi) is 5.94. The Labute approximate surface area is 175 Å². The average molecular weight is 410 g/mol. The molecule has 1 atom stereocenters. The Morgan fingerprint density at radius 1 is 1.23 bits per heavy atom. The molecule has 0 unspecified atom stereocenters. The summed E-state index contributed by atoms with van der Waals surface area (Å²) in [5, 5.41) is 0.740. The van der Waals surface area contributed by atoms with Gasteiger partial charge in [-0.15, -0.1) is 0 Å². The molecule has 2 saturated heterocycles. The summed E-state index contributed by atoms with van der Waals surface area (Å²) in [7, 11) is 0. The van der Waals surface area contributed by atoms with Crippen LogP contribution in [0.4, 0.5) is 0 Å². The summed E-state index contributed by atoms with van der Waals surface area (Å²) in [5.41, 5.74) is 7.54. The van der Waals surface area contributed by atoms with E-state index in [0.29, 0.717) is 38.2 Å². The number of hydrogen-bond donors (Lipinski definition) is 1. The van der Waals surface area contributed by atoms with Crippen molar-refractivity contribution in [2.75, 3.05) is 39.4 Å². The summed E-state index contributed by atoms with van der Waals surface area (Å²) in [6.07, 6.45) is 2.28. The van der Waals surface area contributed by atoms with Crippen molar-refractivity contribution in [2.45, 2.75) is 25.2 Å². The Hall–Kier alpha value is -3.00. The lowest BCUT2D eigenvalue weighted by Crippen LogP contribution is -2.34. The van der Waals surface area contributed by atoms with Gasteiger partial charge in [0, 0.05) is 49.6 Å². The minimum absolute atomic E-state index is 0.00638. The van der Waals surface area contributed by atoms with Gasteiger partial charge in [0.1, 0.15) is 6.61 Å². The van der Waals surface area contributed by atoms with Crippen LogP contribution in [-0.2, 0) is 14.3 Å². The van der Waals surface area contributed by atoms with Crippen LogP contribution in [0.15, 0.2) is 30.3 Å². The van der Waals surface area contributed by atoms with E-state index in [1.54, 1.807) is 15.9 Å². The lowest BCUT2D eigenvalue weighted by Gasteiger charge is -2.18. The first-order valence-corrected chi connectivity index (χ1v) is 10.4. The molecule has 3 heterocycles. The topological polar surface area (TPSA) is 106 Å². The summed E-state index contributed by atoms with van der Waals surface area (Å²) in [6, 6.07) is 9.19. The van der Waals surface area contributed by atoms with Crippen molar-refractivity contribution < 1.29 is 19.1 Å². The quantitative estimate of drug-likeness (QED) is 0.693. The fourth-order valence-corrected chi connectivity index (χ4v) is 4.20. The second kappa shape index (κ2) is 8.79. The van der Waals surface area contributed by atoms with E-state index in [9.17, 15) is 14.4 Å². The predicted molar refractivity (Wildman–Crippen MR) is 111 cm³/mol. The summed E-state index contributed by atoms with van der Waals surface area (Å²) in [6.45, 7) is 2.84. The third-order valence-electron chi connectivity index (χ3n) is 5.86. The van der Waals surface area contributed by atoms with E-state index in [2.05, 4.69) is 0 Å². The number of nitrogens with two attached hydrogens (primary N) is 1. The fourth-order valence-electron chi connectivity index (χ4n) is 4.20. The Balaban J connectivity index is 1.34. The predicted octanol–water partition coefficient (Wildman–Crippen LogP) is 1.29. The zero-order valence-corrected chi connectivity index (χ0v) is 16.9. The number of nitrogens with zero attached hydrogens (tertiary/aromatic N) is 3. The van der Waals surface area contributed by atoms with E-state index >= 15 is 0 Å². The maximum atomic E-state index is 12.5. The first-order chi connectivity index (χ1) is 14.5. The van der Waals surface area contributed by atoms with Gasteiger partial charge in [0.25, 0.3) is 0 Å². The van der Waals surface area contributed by atoms with E-state index in [1.807, 2.05) is 24.3 Å². The Morgan fingerprint density at radius 2 is 2.07 bits per heavy atom. The Bertz CT molecular complexity index is 977. The molecule has 1 aromatic carbocycles. The van der Waals surface area contributed by atoms with Crippen molar-refractivity contribution >= 4 is 28.6 Å². The molecule has 2 N–H and O–H groups in total. The number of carbonyl (C=O) groups excluding carboxylic acids is 3. The molecule has 0 radical (unpaired) electrons. The molecule has 1 aromatic heterocycles. The van der Waals surface area contributed by atoms with Crippen LogP contribution < -0.4 is 5.73 Å². The molecule has 8 nitrogen and oxygen atoms in total. The summed E-state index contributed by atoms with van der Waals surface area (Å²) in [5.74, 6) is -0.337. The number of hydrogen-bond acceptors (Lipinski definition) is 5. The second-order valence-electron chi connectivity index (χ2n) is 7.84. The van der Waals surface area contributed by atoms with Crippen molar-refractivity contribution in [1.29, 1.82) is 0 Å². The third kappa shape index (κ3) is 4.28. The van der Waals surface area contributed by atoms with E-state index in [4.69, 9.17) is 15.5 Å². The van der Waals surface area contributed by atoms with Gasteiger partial charge in [-0.3, -0.25) is 19.4 Å². The van der Waals surface area contributed by atoms with Crippen LogP contribution in [0, 0.1) is 0 Å². The lowest BCUT2D eigenvalue weighted by atomic mass is 9.99. The van der Waals surface area contributed by atoms with Crippen LogP contribution in [0.5, 0.6) is 0 Å². The molecule has 8 heteroatoms. The molecule has 2 aliphatic rings. The number of amides is 3. The van der Waals surface area contributed by atoms with Gasteiger partial charge < -0.3 is 20.3 Å². The molecule has 0 aliphatic carbocycles. The second-order valence-corrected chi connectivity index (χ2v) is 7.84. The maximum Gasteiger partial charge on any atom is 0.249 e. The molecule has 0 spiro atoms. The molecular weight excluding hydrogens is 384 g/mol. The molecule has 2 aromatic rings. The molecule has 3 amide bonds. The highest BCUT2D eigenvalue weighted by Crippen LogP contribution is 2.29. The smallest absolute Gasteiger partial charge is 0.249 e. The first-order valence-electron chi connectivity index (χ1n) is 10.4. The summed E-state index contributed by atoms with van der Waals surface area (Å²) >= 11 is 0. The molecule has 158 valence electrons. The van der Waals surface area contributed by atoms with Crippen molar-refractivity contribution in [2.24, 2.45) is 5.73 Å². The SMILES string of the molecule is NC(=O)c1cc([C@@H]2CCN(C(=O)COCCN3CCCC3=O)C2)nc2ccccc12. The van der Waals surface area contributed by atoms with Gasteiger partial charge in [-0.25, -0.2) is 0 Å². The van der Waals surface area contributed by atoms with Gasteiger partial charge in [-0.1, -0.05) is 18.2 Å². The van der Waals surface area contributed by atoms with E-state index in [0.717, 1.165) is 36.0 Å². The van der Waals surface area contributed by atoms with Crippen LogP contribution in [0.3, 0.4) is 0 Å². The summed E-state index contributed by atoms with van der Waals surface area (Å²) < 4.78 is 5.51. The molecular formula is C22H26N4O4. The van der Waals surface area contributed by atoms with Crippen LogP contribution >= 0.6 is 0 Å². The number of ether oxygens (including phenoxy) is 1. The maximum absolute atomic E-state index is 12.5. The number of para-hydroxylation sites is 1. The molecule has 0 saturated carbocycles. The number of fused-ring (bicyclic) bond motifs is 1. The molecule has 4 rings (SSSR count). The Morgan fingerprint density at radius 3 is 2.83 bits per heavy atom. The molecule has 2 fully saturated rings. The molecule has 2 aliphatic heterocycles. The number of aromatic nitrogens is 1. The van der Waals surface area contributed by atoms with Gasteiger partial charge >= 0.3 is 0 Å². The number of benzene rings is 1. The van der Waals surface area contributed by atoms with Gasteiger partial charge in [0.2, 0.25) is 17.7 Å². The number of carbonyl (C=O) groups is 3. The van der Waals surface area contributed by atoms with Crippen molar-refractivity contribution in [3.8, 4) is 0 Å². The fraction of sp³-hybridized carbons (Fsp3) is 0.455. The van der Waals surface area contributed by atoms with Crippen molar-refractivity contribution in [3.63, 3.8) is 0 Å². The van der Waals surface area contributed by atoms with Gasteiger partial charge in [-0.05, 0) is 25.0 Å². The van der Waals surface area contributed by atoms with E-state index in [-0.39, 0.29) is 24.3 Å². The molecule has 0 bridgehead atoms. The standard InChI is InChI=1S/C22H26N4O4/c23-22(29)17-12-19(24-18-5-2-1-4-16(17)18)15-7-9-26(13-15)21(28)14-30-11-10-25-8-3-6-20(25)27/h1-2,4-5,12,15H,3,6-11,13-14H2,(H2,23,29)/t15-/m1/s1. The monoisotopic (exact) mass is 410 g/mol. The van der Waals surface area contributed by atoms with Gasteiger partial charge in [-0.2, -0.15) is 0 Å². The number of likely N-dealkylation sites (tertiary alicyclic amines) is 2. The van der Waals surface area contributed by atoms with Crippen molar-refractivity contribution in [3.05, 3.63) is 41.6 Å². The number of pyridine rings is 1. The number of rotatable bonds is 7.